The first-order valence-corrected chi connectivity index (χ1v) is 7.07. The van der Waals surface area contributed by atoms with Gasteiger partial charge in [-0.1, -0.05) is 13.8 Å². The van der Waals surface area contributed by atoms with E-state index >= 15 is 0 Å². The molecule has 17 heavy (non-hydrogen) atoms. The van der Waals surface area contributed by atoms with Gasteiger partial charge in [0, 0.05) is 12.0 Å². The summed E-state index contributed by atoms with van der Waals surface area (Å²) in [6.45, 7) is 6.73. The summed E-state index contributed by atoms with van der Waals surface area (Å²) >= 11 is 0. The van der Waals surface area contributed by atoms with E-state index in [4.69, 9.17) is 0 Å². The molecule has 3 nitrogen and oxygen atoms in total. The Morgan fingerprint density at radius 2 is 1.94 bits per heavy atom. The van der Waals surface area contributed by atoms with E-state index in [1.165, 1.54) is 25.8 Å². The quantitative estimate of drug-likeness (QED) is 0.763. The van der Waals surface area contributed by atoms with E-state index in [-0.39, 0.29) is 11.3 Å². The van der Waals surface area contributed by atoms with Crippen molar-refractivity contribution in [2.24, 2.45) is 23.2 Å². The molecule has 1 saturated heterocycles. The lowest BCUT2D eigenvalue weighted by Crippen LogP contribution is -2.41. The lowest BCUT2D eigenvalue weighted by atomic mass is 9.79. The van der Waals surface area contributed by atoms with E-state index in [1.807, 2.05) is 0 Å². The monoisotopic (exact) mass is 236 g/mol. The fraction of sp³-hybridized carbons (Fsp3) is 0.929. The van der Waals surface area contributed by atoms with Crippen LogP contribution in [-0.4, -0.2) is 25.0 Å². The van der Waals surface area contributed by atoms with Gasteiger partial charge in [-0.25, -0.2) is 0 Å². The summed E-state index contributed by atoms with van der Waals surface area (Å²) in [5.74, 6) is 2.27. The van der Waals surface area contributed by atoms with Crippen LogP contribution in [0.5, 0.6) is 0 Å². The fourth-order valence-electron chi connectivity index (χ4n) is 3.65. The first-order chi connectivity index (χ1) is 8.06. The first-order valence-electron chi connectivity index (χ1n) is 7.07. The summed E-state index contributed by atoms with van der Waals surface area (Å²) in [5.41, 5.74) is 0.260. The average molecular weight is 236 g/mol. The van der Waals surface area contributed by atoms with Crippen molar-refractivity contribution in [2.75, 3.05) is 13.1 Å². The molecule has 1 aliphatic heterocycles. The predicted octanol–water partition coefficient (Wildman–Crippen LogP) is 1.54. The molecule has 3 rings (SSSR count). The third-order valence-electron chi connectivity index (χ3n) is 5.13. The molecule has 4 atom stereocenters. The minimum Gasteiger partial charge on any atom is -0.353 e. The molecule has 1 amide bonds. The molecule has 2 aliphatic carbocycles. The number of hydrogen-bond donors (Lipinski definition) is 2. The van der Waals surface area contributed by atoms with Crippen LogP contribution in [0, 0.1) is 23.2 Å². The second-order valence-corrected chi connectivity index (χ2v) is 6.94. The van der Waals surface area contributed by atoms with Crippen molar-refractivity contribution in [1.29, 1.82) is 0 Å². The van der Waals surface area contributed by atoms with Crippen LogP contribution >= 0.6 is 0 Å². The Bertz CT molecular complexity index is 326. The molecule has 0 aromatic heterocycles. The van der Waals surface area contributed by atoms with Crippen LogP contribution in [0.3, 0.4) is 0 Å². The van der Waals surface area contributed by atoms with Crippen LogP contribution < -0.4 is 10.6 Å². The molecule has 2 unspecified atom stereocenters. The van der Waals surface area contributed by atoms with Gasteiger partial charge in [0.2, 0.25) is 5.91 Å². The van der Waals surface area contributed by atoms with Crippen LogP contribution in [0.15, 0.2) is 0 Å². The summed E-state index contributed by atoms with van der Waals surface area (Å²) in [6.07, 6.45) is 4.73. The van der Waals surface area contributed by atoms with E-state index in [9.17, 15) is 4.79 Å². The minimum atomic E-state index is 0.260. The molecule has 0 spiro atoms. The summed E-state index contributed by atoms with van der Waals surface area (Å²) in [6, 6.07) is 0.444. The number of fused-ring (bicyclic) bond motifs is 1. The molecule has 0 aromatic carbocycles. The van der Waals surface area contributed by atoms with Crippen LogP contribution in [0.2, 0.25) is 0 Å². The van der Waals surface area contributed by atoms with Crippen molar-refractivity contribution in [3.8, 4) is 0 Å². The highest BCUT2D eigenvalue weighted by molar-refractivity contribution is 5.82. The fourth-order valence-corrected chi connectivity index (χ4v) is 3.65. The van der Waals surface area contributed by atoms with Gasteiger partial charge in [0.15, 0.2) is 0 Å². The zero-order valence-corrected chi connectivity index (χ0v) is 11.0. The zero-order chi connectivity index (χ0) is 12.0. The summed E-state index contributed by atoms with van der Waals surface area (Å²) in [4.78, 5) is 12.1. The topological polar surface area (TPSA) is 41.1 Å². The molecular formula is C14H24N2O. The number of amides is 1. The van der Waals surface area contributed by atoms with E-state index in [1.54, 1.807) is 0 Å². The second-order valence-electron chi connectivity index (χ2n) is 6.94. The van der Waals surface area contributed by atoms with Crippen LogP contribution in [0.4, 0.5) is 0 Å². The molecule has 0 radical (unpaired) electrons. The van der Waals surface area contributed by atoms with Gasteiger partial charge in [0.25, 0.3) is 0 Å². The molecule has 3 heteroatoms. The van der Waals surface area contributed by atoms with Gasteiger partial charge in [-0.05, 0) is 56.0 Å². The maximum absolute atomic E-state index is 12.1. The Balaban J connectivity index is 1.51. The highest BCUT2D eigenvalue weighted by Gasteiger charge is 2.51. The van der Waals surface area contributed by atoms with Crippen molar-refractivity contribution in [2.45, 2.75) is 45.6 Å². The Morgan fingerprint density at radius 3 is 2.65 bits per heavy atom. The highest BCUT2D eigenvalue weighted by atomic mass is 16.2. The number of rotatable bonds is 2. The maximum atomic E-state index is 12.1. The van der Waals surface area contributed by atoms with Gasteiger partial charge in [0.05, 0.1) is 0 Å². The van der Waals surface area contributed by atoms with E-state index < -0.39 is 0 Å². The zero-order valence-electron chi connectivity index (χ0n) is 11.0. The van der Waals surface area contributed by atoms with E-state index in [0.29, 0.717) is 11.9 Å². The number of carbonyl (C=O) groups excluding carboxylic acids is 1. The lowest BCUT2D eigenvalue weighted by Gasteiger charge is -2.31. The Hall–Kier alpha value is -0.570. The molecule has 96 valence electrons. The molecule has 0 bridgehead atoms. The second kappa shape index (κ2) is 3.98. The minimum absolute atomic E-state index is 0.260. The van der Waals surface area contributed by atoms with Gasteiger partial charge in [0.1, 0.15) is 0 Å². The average Bonchev–Trinajstić information content (AvgIpc) is 2.73. The summed E-state index contributed by atoms with van der Waals surface area (Å²) in [5, 5.41) is 6.76. The van der Waals surface area contributed by atoms with Gasteiger partial charge >= 0.3 is 0 Å². The standard InChI is InChI=1S/C14H24N2O/c1-14(2)6-12(14)13(17)16-11-4-3-9-7-15-8-10(9)5-11/h9-12,15H,3-8H2,1-2H3,(H,16,17)/t9-,10+,11?,12?/m0/s1. The van der Waals surface area contributed by atoms with Gasteiger partial charge < -0.3 is 10.6 Å². The van der Waals surface area contributed by atoms with E-state index in [0.717, 1.165) is 24.8 Å². The lowest BCUT2D eigenvalue weighted by molar-refractivity contribution is -0.124. The van der Waals surface area contributed by atoms with Crippen molar-refractivity contribution < 1.29 is 4.79 Å². The molecule has 1 heterocycles. The first kappa shape index (κ1) is 11.5. The normalized spacial score (nSPS) is 42.9. The molecular weight excluding hydrogens is 212 g/mol. The number of carbonyl (C=O) groups is 1. The Labute approximate surface area is 104 Å². The van der Waals surface area contributed by atoms with Gasteiger partial charge in [-0.2, -0.15) is 0 Å². The van der Waals surface area contributed by atoms with Crippen molar-refractivity contribution >= 4 is 5.91 Å². The van der Waals surface area contributed by atoms with Gasteiger partial charge in [-0.15, -0.1) is 0 Å². The third-order valence-corrected chi connectivity index (χ3v) is 5.13. The van der Waals surface area contributed by atoms with Crippen molar-refractivity contribution in [3.63, 3.8) is 0 Å². The van der Waals surface area contributed by atoms with Crippen molar-refractivity contribution in [1.82, 2.24) is 10.6 Å². The smallest absolute Gasteiger partial charge is 0.223 e. The number of nitrogens with one attached hydrogen (secondary N) is 2. The molecule has 3 aliphatic rings. The van der Waals surface area contributed by atoms with Crippen molar-refractivity contribution in [3.05, 3.63) is 0 Å². The van der Waals surface area contributed by atoms with Crippen LogP contribution in [0.25, 0.3) is 0 Å². The molecule has 2 N–H and O–H groups in total. The Kier molecular flexibility index (Phi) is 2.69. The Morgan fingerprint density at radius 1 is 1.24 bits per heavy atom. The number of hydrogen-bond acceptors (Lipinski definition) is 2. The highest BCUT2D eigenvalue weighted by Crippen LogP contribution is 2.51. The summed E-state index contributed by atoms with van der Waals surface area (Å²) in [7, 11) is 0. The van der Waals surface area contributed by atoms with E-state index in [2.05, 4.69) is 24.5 Å². The molecule has 2 saturated carbocycles. The maximum Gasteiger partial charge on any atom is 0.223 e. The largest absolute Gasteiger partial charge is 0.353 e. The SMILES string of the molecule is CC1(C)CC1C(=O)NC1CC[C@H]2CNC[C@H]2C1. The van der Waals surface area contributed by atoms with Gasteiger partial charge in [-0.3, -0.25) is 4.79 Å². The van der Waals surface area contributed by atoms with Crippen LogP contribution in [-0.2, 0) is 4.79 Å². The molecule has 0 aromatic rings. The molecule has 3 fully saturated rings. The predicted molar refractivity (Wildman–Crippen MR) is 67.5 cm³/mol. The summed E-state index contributed by atoms with van der Waals surface area (Å²) < 4.78 is 0. The third kappa shape index (κ3) is 2.22. The van der Waals surface area contributed by atoms with Crippen LogP contribution in [0.1, 0.15) is 39.5 Å².